The molecule has 0 aromatic rings. The number of amides is 2. The average molecular weight is 220 g/mol. The molecule has 0 spiro atoms. The van der Waals surface area contributed by atoms with Crippen molar-refractivity contribution in [3.8, 4) is 0 Å². The third kappa shape index (κ3) is 1.17. The van der Waals surface area contributed by atoms with Crippen molar-refractivity contribution in [1.29, 1.82) is 0 Å². The summed E-state index contributed by atoms with van der Waals surface area (Å²) in [4.78, 5) is 16.7. The highest BCUT2D eigenvalue weighted by Crippen LogP contribution is 2.47. The monoisotopic (exact) mass is 220 g/mol. The zero-order chi connectivity index (χ0) is 10.7. The molecule has 2 aliphatic carbocycles. The molecule has 3 nitrogen and oxygen atoms in total. The van der Waals surface area contributed by atoms with E-state index in [9.17, 15) is 4.79 Å². The van der Waals surface area contributed by atoms with Gasteiger partial charge in [-0.1, -0.05) is 25.7 Å². The van der Waals surface area contributed by atoms with E-state index < -0.39 is 0 Å². The van der Waals surface area contributed by atoms with Crippen molar-refractivity contribution in [2.45, 2.75) is 75.5 Å². The van der Waals surface area contributed by atoms with Gasteiger partial charge in [0.2, 0.25) is 0 Å². The number of nitrogens with zero attached hydrogens (tertiary/aromatic N) is 2. The van der Waals surface area contributed by atoms with Crippen LogP contribution in [-0.4, -0.2) is 40.0 Å². The van der Waals surface area contributed by atoms with E-state index >= 15 is 0 Å². The molecule has 4 unspecified atom stereocenters. The number of carbonyl (C=O) groups excluding carboxylic acids is 1. The van der Waals surface area contributed by atoms with E-state index in [1.54, 1.807) is 0 Å². The molecule has 2 aliphatic heterocycles. The topological polar surface area (TPSA) is 23.1 Å². The molecule has 0 bridgehead atoms. The summed E-state index contributed by atoms with van der Waals surface area (Å²) in [6, 6.07) is 2.90. The van der Waals surface area contributed by atoms with Gasteiger partial charge < -0.3 is 9.80 Å². The second-order valence-electron chi connectivity index (χ2n) is 5.94. The van der Waals surface area contributed by atoms with Gasteiger partial charge in [-0.3, -0.25) is 0 Å². The van der Waals surface area contributed by atoms with E-state index in [1.807, 2.05) is 0 Å². The Labute approximate surface area is 96.8 Å². The minimum atomic E-state index is 0.383. The van der Waals surface area contributed by atoms with E-state index in [2.05, 4.69) is 9.80 Å². The summed E-state index contributed by atoms with van der Waals surface area (Å²) in [5.41, 5.74) is 0. The Kier molecular flexibility index (Phi) is 1.83. The van der Waals surface area contributed by atoms with Gasteiger partial charge in [-0.15, -0.1) is 0 Å². The van der Waals surface area contributed by atoms with Crippen LogP contribution in [0.1, 0.15) is 51.4 Å². The molecule has 4 atom stereocenters. The molecule has 4 fully saturated rings. The van der Waals surface area contributed by atoms with Crippen molar-refractivity contribution in [2.24, 2.45) is 0 Å². The van der Waals surface area contributed by atoms with Crippen molar-refractivity contribution in [3.63, 3.8) is 0 Å². The number of hydrogen-bond donors (Lipinski definition) is 0. The van der Waals surface area contributed by atoms with Crippen LogP contribution in [-0.2, 0) is 0 Å². The molecule has 0 N–H and O–H groups in total. The van der Waals surface area contributed by atoms with Crippen molar-refractivity contribution in [3.05, 3.63) is 0 Å². The van der Waals surface area contributed by atoms with Crippen LogP contribution in [0.15, 0.2) is 0 Å². The smallest absolute Gasteiger partial charge is 0.315 e. The fourth-order valence-electron chi connectivity index (χ4n) is 4.11. The Morgan fingerprint density at radius 1 is 0.688 bits per heavy atom. The van der Waals surface area contributed by atoms with Crippen molar-refractivity contribution in [2.75, 3.05) is 0 Å². The maximum atomic E-state index is 12.4. The van der Waals surface area contributed by atoms with Gasteiger partial charge in [0.15, 0.2) is 0 Å². The predicted octanol–water partition coefficient (Wildman–Crippen LogP) is 2.36. The fourth-order valence-corrected chi connectivity index (χ4v) is 4.11. The summed E-state index contributed by atoms with van der Waals surface area (Å²) in [5, 5.41) is 0. The molecule has 0 radical (unpaired) electrons. The van der Waals surface area contributed by atoms with Crippen LogP contribution in [0.3, 0.4) is 0 Å². The SMILES string of the molecule is O=C(N1C2CCCCC21)N1C2CCCCC21. The summed E-state index contributed by atoms with van der Waals surface area (Å²) >= 11 is 0. The number of hydrogen-bond acceptors (Lipinski definition) is 1. The second-order valence-corrected chi connectivity index (χ2v) is 5.94. The Hall–Kier alpha value is -0.730. The Morgan fingerprint density at radius 2 is 1.00 bits per heavy atom. The summed E-state index contributed by atoms with van der Waals surface area (Å²) in [6.45, 7) is 0. The van der Waals surface area contributed by atoms with Gasteiger partial charge in [0, 0.05) is 0 Å². The molecule has 2 saturated carbocycles. The first-order chi connectivity index (χ1) is 7.88. The van der Waals surface area contributed by atoms with E-state index in [-0.39, 0.29) is 0 Å². The molecule has 4 rings (SSSR count). The first-order valence-electron chi connectivity index (χ1n) is 6.98. The molecule has 16 heavy (non-hydrogen) atoms. The molecule has 4 aliphatic rings. The summed E-state index contributed by atoms with van der Waals surface area (Å²) in [5.74, 6) is 0. The van der Waals surface area contributed by atoms with Crippen LogP contribution in [0, 0.1) is 0 Å². The Morgan fingerprint density at radius 3 is 1.31 bits per heavy atom. The number of rotatable bonds is 0. The number of fused-ring (bicyclic) bond motifs is 2. The van der Waals surface area contributed by atoms with E-state index in [0.29, 0.717) is 30.2 Å². The lowest BCUT2D eigenvalue weighted by molar-refractivity contribution is 0.207. The van der Waals surface area contributed by atoms with Gasteiger partial charge in [-0.25, -0.2) is 4.79 Å². The molecule has 88 valence electrons. The standard InChI is InChI=1S/C13H20N2O/c16-13(14-9-5-1-2-6-10(9)14)15-11-7-3-4-8-12(11)15/h9-12H,1-8H2. The van der Waals surface area contributed by atoms with Gasteiger partial charge in [-0.2, -0.15) is 0 Å². The summed E-state index contributed by atoms with van der Waals surface area (Å²) in [6.07, 6.45) is 10.4. The molecule has 0 aromatic carbocycles. The summed E-state index contributed by atoms with van der Waals surface area (Å²) in [7, 11) is 0. The number of carbonyl (C=O) groups is 1. The van der Waals surface area contributed by atoms with Crippen molar-refractivity contribution < 1.29 is 4.79 Å². The molecule has 2 saturated heterocycles. The third-order valence-corrected chi connectivity index (χ3v) is 5.08. The molecule has 2 heterocycles. The molecular weight excluding hydrogens is 200 g/mol. The minimum absolute atomic E-state index is 0.383. The van der Waals surface area contributed by atoms with Gasteiger partial charge in [0.1, 0.15) is 0 Å². The van der Waals surface area contributed by atoms with Gasteiger partial charge in [0.05, 0.1) is 24.2 Å². The third-order valence-electron chi connectivity index (χ3n) is 5.08. The summed E-state index contributed by atoms with van der Waals surface area (Å²) < 4.78 is 0. The maximum Gasteiger partial charge on any atom is 0.321 e. The van der Waals surface area contributed by atoms with Crippen LogP contribution in [0.2, 0.25) is 0 Å². The lowest BCUT2D eigenvalue weighted by Gasteiger charge is -2.06. The molecular formula is C13H20N2O. The zero-order valence-electron chi connectivity index (χ0n) is 9.77. The minimum Gasteiger partial charge on any atom is -0.315 e. The van der Waals surface area contributed by atoms with Gasteiger partial charge >= 0.3 is 6.03 Å². The van der Waals surface area contributed by atoms with Crippen LogP contribution in [0.25, 0.3) is 0 Å². The highest BCUT2D eigenvalue weighted by atomic mass is 16.2. The Balaban J connectivity index is 1.44. The highest BCUT2D eigenvalue weighted by molar-refractivity contribution is 5.81. The first kappa shape index (κ1) is 9.32. The Bertz CT molecular complexity index is 276. The lowest BCUT2D eigenvalue weighted by atomic mass is 10.0. The highest BCUT2D eigenvalue weighted by Gasteiger charge is 2.59. The average Bonchev–Trinajstić information content (AvgIpc) is 3.22. The van der Waals surface area contributed by atoms with Crippen molar-refractivity contribution >= 4 is 6.03 Å². The largest absolute Gasteiger partial charge is 0.321 e. The maximum absolute atomic E-state index is 12.4. The number of urea groups is 1. The number of likely N-dealkylation sites (tertiary alicyclic amines) is 2. The van der Waals surface area contributed by atoms with Crippen LogP contribution in [0.4, 0.5) is 4.79 Å². The molecule has 2 amide bonds. The van der Waals surface area contributed by atoms with Crippen LogP contribution >= 0.6 is 0 Å². The molecule has 3 heteroatoms. The lowest BCUT2D eigenvalue weighted by Crippen LogP contribution is -2.23. The van der Waals surface area contributed by atoms with E-state index in [1.165, 1.54) is 51.4 Å². The fraction of sp³-hybridized carbons (Fsp3) is 0.923. The van der Waals surface area contributed by atoms with Gasteiger partial charge in [0.25, 0.3) is 0 Å². The quantitative estimate of drug-likeness (QED) is 0.575. The second kappa shape index (κ2) is 3.14. The molecule has 0 aromatic heterocycles. The van der Waals surface area contributed by atoms with Gasteiger partial charge in [-0.05, 0) is 25.7 Å². The van der Waals surface area contributed by atoms with E-state index in [0.717, 1.165) is 0 Å². The predicted molar refractivity (Wildman–Crippen MR) is 61.2 cm³/mol. The van der Waals surface area contributed by atoms with E-state index in [4.69, 9.17) is 0 Å². The van der Waals surface area contributed by atoms with Crippen LogP contribution < -0.4 is 0 Å². The van der Waals surface area contributed by atoms with Crippen molar-refractivity contribution in [1.82, 2.24) is 9.80 Å². The van der Waals surface area contributed by atoms with Crippen LogP contribution in [0.5, 0.6) is 0 Å². The zero-order valence-corrected chi connectivity index (χ0v) is 9.77. The first-order valence-corrected chi connectivity index (χ1v) is 6.98. The normalized spacial score (nSPS) is 44.8.